The Hall–Kier alpha value is -1.94. The van der Waals surface area contributed by atoms with E-state index in [2.05, 4.69) is 29.2 Å². The van der Waals surface area contributed by atoms with E-state index in [0.29, 0.717) is 5.92 Å². The minimum Gasteiger partial charge on any atom is -0.351 e. The maximum atomic E-state index is 5.19. The first-order valence-electron chi connectivity index (χ1n) is 10.5. The van der Waals surface area contributed by atoms with Gasteiger partial charge in [-0.2, -0.15) is 0 Å². The second-order valence-electron chi connectivity index (χ2n) is 8.36. The molecule has 3 aliphatic rings. The number of hydrogen-bond acceptors (Lipinski definition) is 4. The predicted octanol–water partition coefficient (Wildman–Crippen LogP) is 5.40. The fraction of sp³-hybridized carbons (Fsp3) is 0.478. The topological polar surface area (TPSA) is 29.0 Å². The first kappa shape index (κ1) is 16.1. The highest BCUT2D eigenvalue weighted by Crippen LogP contribution is 2.44. The maximum Gasteiger partial charge on any atom is 0.141 e. The summed E-state index contributed by atoms with van der Waals surface area (Å²) in [7, 11) is 0. The van der Waals surface area contributed by atoms with Crippen molar-refractivity contribution in [2.45, 2.75) is 63.8 Å². The molecule has 2 aliphatic carbocycles. The molecule has 3 aromatic rings. The van der Waals surface area contributed by atoms with E-state index in [9.17, 15) is 0 Å². The van der Waals surface area contributed by atoms with Gasteiger partial charge in [0, 0.05) is 23.9 Å². The Labute approximate surface area is 164 Å². The molecule has 0 N–H and O–H groups in total. The summed E-state index contributed by atoms with van der Waals surface area (Å²) in [6.07, 6.45) is 10.1. The van der Waals surface area contributed by atoms with Gasteiger partial charge in [0.15, 0.2) is 0 Å². The molecule has 0 atom stereocenters. The number of aromatic nitrogens is 2. The lowest BCUT2D eigenvalue weighted by molar-refractivity contribution is 0.711. The Morgan fingerprint density at radius 3 is 2.67 bits per heavy atom. The average molecular weight is 376 g/mol. The van der Waals surface area contributed by atoms with E-state index in [1.165, 1.54) is 72.1 Å². The van der Waals surface area contributed by atoms with Crippen molar-refractivity contribution in [2.24, 2.45) is 0 Å². The fourth-order valence-corrected chi connectivity index (χ4v) is 6.02. The van der Waals surface area contributed by atoms with Crippen molar-refractivity contribution in [3.63, 3.8) is 0 Å². The van der Waals surface area contributed by atoms with Crippen LogP contribution in [0.4, 0.5) is 5.82 Å². The van der Waals surface area contributed by atoms with Crippen molar-refractivity contribution in [1.29, 1.82) is 0 Å². The Bertz CT molecular complexity index is 1020. The SMILES string of the molecule is c1ccc2c(c1)CCN(c1nc(C3CC3)nc3sc4c(c13)CCCCC4)C2. The molecule has 4 heteroatoms. The summed E-state index contributed by atoms with van der Waals surface area (Å²) in [5.74, 6) is 2.94. The van der Waals surface area contributed by atoms with Crippen LogP contribution in [0.1, 0.15) is 65.4 Å². The lowest BCUT2D eigenvalue weighted by Crippen LogP contribution is -2.31. The van der Waals surface area contributed by atoms with Gasteiger partial charge in [-0.05, 0) is 61.6 Å². The summed E-state index contributed by atoms with van der Waals surface area (Å²) >= 11 is 1.96. The van der Waals surface area contributed by atoms with Gasteiger partial charge in [0.05, 0.1) is 5.39 Å². The summed E-state index contributed by atoms with van der Waals surface area (Å²) in [6.45, 7) is 2.05. The monoisotopic (exact) mass is 375 g/mol. The zero-order chi connectivity index (χ0) is 17.8. The number of anilines is 1. The van der Waals surface area contributed by atoms with Crippen molar-refractivity contribution in [3.8, 4) is 0 Å². The number of fused-ring (bicyclic) bond motifs is 4. The molecule has 0 radical (unpaired) electrons. The van der Waals surface area contributed by atoms with Crippen molar-refractivity contribution in [1.82, 2.24) is 9.97 Å². The van der Waals surface area contributed by atoms with Crippen LogP contribution >= 0.6 is 11.3 Å². The van der Waals surface area contributed by atoms with Crippen LogP contribution in [0.15, 0.2) is 24.3 Å². The predicted molar refractivity (Wildman–Crippen MR) is 112 cm³/mol. The van der Waals surface area contributed by atoms with Gasteiger partial charge >= 0.3 is 0 Å². The minimum atomic E-state index is 0.604. The molecule has 3 nitrogen and oxygen atoms in total. The van der Waals surface area contributed by atoms with Gasteiger partial charge in [-0.15, -0.1) is 11.3 Å². The first-order valence-corrected chi connectivity index (χ1v) is 11.3. The third-order valence-corrected chi connectivity index (χ3v) is 7.62. The summed E-state index contributed by atoms with van der Waals surface area (Å²) in [4.78, 5) is 15.6. The Morgan fingerprint density at radius 2 is 1.78 bits per heavy atom. The standard InChI is InChI=1S/C23H25N3S/c1-2-8-18-19(9-3-1)27-23-20(18)22(24-21(25-23)16-10-11-16)26-13-12-15-6-4-5-7-17(15)14-26/h4-7,16H,1-3,8-14H2. The van der Waals surface area contributed by atoms with Gasteiger partial charge in [-0.25, -0.2) is 9.97 Å². The molecule has 6 rings (SSSR count). The van der Waals surface area contributed by atoms with E-state index in [0.717, 1.165) is 25.3 Å². The molecule has 1 fully saturated rings. The van der Waals surface area contributed by atoms with Gasteiger partial charge in [0.2, 0.25) is 0 Å². The number of rotatable bonds is 2. The number of thiophene rings is 1. The molecule has 1 aliphatic heterocycles. The molecule has 0 spiro atoms. The van der Waals surface area contributed by atoms with Crippen LogP contribution in [-0.4, -0.2) is 16.5 Å². The minimum absolute atomic E-state index is 0.604. The molecule has 2 aromatic heterocycles. The van der Waals surface area contributed by atoms with Crippen LogP contribution in [0.3, 0.4) is 0 Å². The van der Waals surface area contributed by atoms with Crippen LogP contribution in [0.5, 0.6) is 0 Å². The molecule has 0 bridgehead atoms. The number of nitrogens with zero attached hydrogens (tertiary/aromatic N) is 3. The average Bonchev–Trinajstić information content (AvgIpc) is 3.52. The Morgan fingerprint density at radius 1 is 0.926 bits per heavy atom. The van der Waals surface area contributed by atoms with Crippen molar-refractivity contribution < 1.29 is 0 Å². The van der Waals surface area contributed by atoms with Crippen LogP contribution in [0.2, 0.25) is 0 Å². The van der Waals surface area contributed by atoms with E-state index >= 15 is 0 Å². The largest absolute Gasteiger partial charge is 0.351 e. The maximum absolute atomic E-state index is 5.19. The molecule has 0 unspecified atom stereocenters. The van der Waals surface area contributed by atoms with Crippen molar-refractivity contribution in [3.05, 3.63) is 51.7 Å². The Balaban J connectivity index is 1.51. The van der Waals surface area contributed by atoms with Gasteiger partial charge in [-0.1, -0.05) is 30.7 Å². The highest BCUT2D eigenvalue weighted by Gasteiger charge is 2.31. The molecule has 0 amide bonds. The lowest BCUT2D eigenvalue weighted by atomic mass is 9.99. The van der Waals surface area contributed by atoms with E-state index in [1.54, 1.807) is 10.4 Å². The van der Waals surface area contributed by atoms with Crippen molar-refractivity contribution in [2.75, 3.05) is 11.4 Å². The highest BCUT2D eigenvalue weighted by atomic mass is 32.1. The van der Waals surface area contributed by atoms with Crippen LogP contribution in [0, 0.1) is 0 Å². The molecular weight excluding hydrogens is 350 g/mol. The van der Waals surface area contributed by atoms with E-state index in [1.807, 2.05) is 11.3 Å². The summed E-state index contributed by atoms with van der Waals surface area (Å²) < 4.78 is 0. The van der Waals surface area contributed by atoms with Gasteiger partial charge < -0.3 is 4.90 Å². The van der Waals surface area contributed by atoms with Crippen LogP contribution < -0.4 is 4.90 Å². The van der Waals surface area contributed by atoms with E-state index < -0.39 is 0 Å². The van der Waals surface area contributed by atoms with E-state index in [4.69, 9.17) is 9.97 Å². The third-order valence-electron chi connectivity index (χ3n) is 6.44. The van der Waals surface area contributed by atoms with Crippen molar-refractivity contribution >= 4 is 27.4 Å². The molecular formula is C23H25N3S. The molecule has 1 aromatic carbocycles. The molecule has 1 saturated carbocycles. The van der Waals surface area contributed by atoms with Gasteiger partial charge in [0.1, 0.15) is 16.5 Å². The summed E-state index contributed by atoms with van der Waals surface area (Å²) in [6, 6.07) is 8.91. The Kier molecular flexibility index (Phi) is 3.75. The van der Waals surface area contributed by atoms with Gasteiger partial charge in [-0.3, -0.25) is 0 Å². The van der Waals surface area contributed by atoms with Crippen LogP contribution in [-0.2, 0) is 25.8 Å². The zero-order valence-electron chi connectivity index (χ0n) is 15.7. The molecule has 138 valence electrons. The zero-order valence-corrected chi connectivity index (χ0v) is 16.5. The lowest BCUT2D eigenvalue weighted by Gasteiger charge is -2.30. The smallest absolute Gasteiger partial charge is 0.141 e. The van der Waals surface area contributed by atoms with Gasteiger partial charge in [0.25, 0.3) is 0 Å². The third kappa shape index (κ3) is 2.77. The molecule has 0 saturated heterocycles. The second-order valence-corrected chi connectivity index (χ2v) is 9.45. The number of benzene rings is 1. The summed E-state index contributed by atoms with van der Waals surface area (Å²) in [5, 5.41) is 1.39. The first-order chi connectivity index (χ1) is 13.4. The molecule has 3 heterocycles. The van der Waals surface area contributed by atoms with Crippen LogP contribution in [0.25, 0.3) is 10.2 Å². The highest BCUT2D eigenvalue weighted by molar-refractivity contribution is 7.19. The summed E-state index contributed by atoms with van der Waals surface area (Å²) in [5.41, 5.74) is 4.54. The fourth-order valence-electron chi connectivity index (χ4n) is 4.76. The van der Waals surface area contributed by atoms with E-state index in [-0.39, 0.29) is 0 Å². The quantitative estimate of drug-likeness (QED) is 0.562. The second kappa shape index (κ2) is 6.30. The molecule has 27 heavy (non-hydrogen) atoms. The number of aryl methyl sites for hydroxylation is 2. The normalized spacial score (nSPS) is 19.6. The number of hydrogen-bond donors (Lipinski definition) is 0.